The molecule has 4 aromatic rings. The predicted molar refractivity (Wildman–Crippen MR) is 116 cm³/mol. The van der Waals surface area contributed by atoms with Crippen LogP contribution in [0.5, 0.6) is 0 Å². The smallest absolute Gasteiger partial charge is 0.267 e. The predicted octanol–water partition coefficient (Wildman–Crippen LogP) is 5.33. The van der Waals surface area contributed by atoms with Gasteiger partial charge in [-0.2, -0.15) is 0 Å². The van der Waals surface area contributed by atoms with Crippen LogP contribution in [0.4, 0.5) is 0 Å². The first-order valence-electron chi connectivity index (χ1n) is 10.2. The van der Waals surface area contributed by atoms with Crippen molar-refractivity contribution >= 4 is 28.0 Å². The zero-order valence-electron chi connectivity index (χ0n) is 17.0. The molecule has 5 rings (SSSR count). The molecule has 1 saturated heterocycles. The number of thiophene rings is 1. The second kappa shape index (κ2) is 7.65. The monoisotopic (exact) mass is 418 g/mol. The minimum Gasteiger partial charge on any atom is -0.417 e. The molecular weight excluding hydrogens is 396 g/mol. The van der Waals surface area contributed by atoms with E-state index in [9.17, 15) is 4.79 Å². The highest BCUT2D eigenvalue weighted by molar-refractivity contribution is 7.10. The molecule has 0 radical (unpaired) electrons. The molecule has 30 heavy (non-hydrogen) atoms. The maximum Gasteiger partial charge on any atom is 0.267 e. The van der Waals surface area contributed by atoms with Crippen molar-refractivity contribution in [3.8, 4) is 11.6 Å². The van der Waals surface area contributed by atoms with Crippen LogP contribution >= 0.6 is 11.3 Å². The van der Waals surface area contributed by atoms with Gasteiger partial charge in [0.05, 0.1) is 5.56 Å². The van der Waals surface area contributed by atoms with Crippen LogP contribution < -0.4 is 0 Å². The molecule has 4 heterocycles. The Morgan fingerprint density at radius 1 is 1.17 bits per heavy atom. The summed E-state index contributed by atoms with van der Waals surface area (Å²) in [5.74, 6) is 0.921. The van der Waals surface area contributed by atoms with Crippen LogP contribution in [0.15, 0.2) is 46.3 Å². The number of hydrogen-bond donors (Lipinski definition) is 0. The first-order valence-corrected chi connectivity index (χ1v) is 11.0. The van der Waals surface area contributed by atoms with Crippen LogP contribution in [-0.2, 0) is 0 Å². The zero-order chi connectivity index (χ0) is 20.7. The maximum absolute atomic E-state index is 13.3. The third-order valence-corrected chi connectivity index (χ3v) is 6.89. The van der Waals surface area contributed by atoms with E-state index in [4.69, 9.17) is 4.42 Å². The fraction of sp³-hybridized carbons (Fsp3) is 0.304. The summed E-state index contributed by atoms with van der Waals surface area (Å²) < 4.78 is 6.09. The fourth-order valence-corrected chi connectivity index (χ4v) is 4.92. The van der Waals surface area contributed by atoms with Gasteiger partial charge >= 0.3 is 0 Å². The molecule has 0 unspecified atom stereocenters. The number of carbonyl (C=O) groups is 1. The number of pyridine rings is 1. The molecule has 152 valence electrons. The average Bonchev–Trinajstić information content (AvgIpc) is 3.40. The minimum atomic E-state index is -0.206. The molecule has 1 amide bonds. The second-order valence-electron chi connectivity index (χ2n) is 7.67. The number of nitrogens with zero attached hydrogens (tertiary/aromatic N) is 4. The van der Waals surface area contributed by atoms with Crippen molar-refractivity contribution in [2.45, 2.75) is 39.2 Å². The number of amides is 1. The van der Waals surface area contributed by atoms with Crippen molar-refractivity contribution in [3.63, 3.8) is 0 Å². The number of aromatic nitrogens is 3. The topological polar surface area (TPSA) is 72.1 Å². The molecule has 0 spiro atoms. The molecule has 7 heteroatoms. The van der Waals surface area contributed by atoms with Gasteiger partial charge in [-0.05, 0) is 50.1 Å². The van der Waals surface area contributed by atoms with Gasteiger partial charge in [-0.25, -0.2) is 0 Å². The zero-order valence-corrected chi connectivity index (χ0v) is 17.8. The van der Waals surface area contributed by atoms with E-state index in [-0.39, 0.29) is 11.9 Å². The summed E-state index contributed by atoms with van der Waals surface area (Å²) in [6.07, 6.45) is 4.58. The van der Waals surface area contributed by atoms with Crippen molar-refractivity contribution < 1.29 is 9.21 Å². The Kier molecular flexibility index (Phi) is 4.83. The van der Waals surface area contributed by atoms with Crippen LogP contribution in [0.2, 0.25) is 0 Å². The normalized spacial score (nSPS) is 16.9. The second-order valence-corrected chi connectivity index (χ2v) is 8.75. The molecule has 0 N–H and O–H groups in total. The van der Waals surface area contributed by atoms with E-state index in [0.717, 1.165) is 41.2 Å². The third-order valence-electron chi connectivity index (χ3n) is 5.88. The third kappa shape index (κ3) is 3.19. The van der Waals surface area contributed by atoms with Gasteiger partial charge in [-0.15, -0.1) is 21.5 Å². The van der Waals surface area contributed by atoms with Crippen molar-refractivity contribution in [1.29, 1.82) is 0 Å². The highest BCUT2D eigenvalue weighted by Gasteiger charge is 2.33. The Labute approximate surface area is 178 Å². The van der Waals surface area contributed by atoms with E-state index in [1.165, 1.54) is 4.88 Å². The Balaban J connectivity index is 1.49. The first kappa shape index (κ1) is 18.9. The molecular formula is C23H22N4O2S. The molecule has 1 aliphatic rings. The number of rotatable bonds is 3. The Bertz CT molecular complexity index is 1220. The molecule has 0 bridgehead atoms. The number of hydrogen-bond acceptors (Lipinski definition) is 6. The summed E-state index contributed by atoms with van der Waals surface area (Å²) >= 11 is 1.62. The summed E-state index contributed by atoms with van der Waals surface area (Å²) in [5.41, 5.74) is 2.50. The number of likely N-dealkylation sites (tertiary alicyclic amines) is 1. The van der Waals surface area contributed by atoms with E-state index >= 15 is 0 Å². The van der Waals surface area contributed by atoms with E-state index in [0.29, 0.717) is 24.0 Å². The largest absolute Gasteiger partial charge is 0.417 e. The summed E-state index contributed by atoms with van der Waals surface area (Å²) in [6.45, 7) is 4.75. The van der Waals surface area contributed by atoms with Crippen LogP contribution in [0, 0.1) is 13.8 Å². The molecule has 3 aromatic heterocycles. The van der Waals surface area contributed by atoms with Gasteiger partial charge < -0.3 is 9.32 Å². The average molecular weight is 419 g/mol. The van der Waals surface area contributed by atoms with Crippen LogP contribution in [0.3, 0.4) is 0 Å². The van der Waals surface area contributed by atoms with Crippen LogP contribution in [0.1, 0.15) is 52.0 Å². The van der Waals surface area contributed by atoms with E-state index < -0.39 is 0 Å². The van der Waals surface area contributed by atoms with Crippen molar-refractivity contribution in [1.82, 2.24) is 20.1 Å². The molecule has 1 aliphatic heterocycles. The number of carbonyl (C=O) groups excluding carboxylic acids is 1. The number of piperidine rings is 1. The summed E-state index contributed by atoms with van der Waals surface area (Å²) in [6, 6.07) is 9.75. The number of fused-ring (bicyclic) bond motifs is 1. The van der Waals surface area contributed by atoms with E-state index in [1.807, 2.05) is 54.5 Å². The van der Waals surface area contributed by atoms with Gasteiger partial charge in [0.2, 0.25) is 5.89 Å². The van der Waals surface area contributed by atoms with Crippen LogP contribution in [0.25, 0.3) is 22.4 Å². The molecule has 0 saturated carbocycles. The van der Waals surface area contributed by atoms with E-state index in [2.05, 4.69) is 15.2 Å². The molecule has 1 fully saturated rings. The fourth-order valence-electron chi connectivity index (χ4n) is 4.07. The summed E-state index contributed by atoms with van der Waals surface area (Å²) in [4.78, 5) is 20.8. The van der Waals surface area contributed by atoms with Gasteiger partial charge in [-0.1, -0.05) is 24.3 Å². The number of benzene rings is 1. The summed E-state index contributed by atoms with van der Waals surface area (Å²) in [7, 11) is 0. The van der Waals surface area contributed by atoms with Crippen molar-refractivity contribution in [3.05, 3.63) is 63.8 Å². The standard InChI is InChI=1S/C23H22N4O2S/c1-14-15(2)30-13-18(14)23(28)27-12-6-5-9-19(27)21-25-26-22(29-21)20-17-8-4-3-7-16(17)10-11-24-20/h3-4,7-8,10-11,13,19H,5-6,9,12H2,1-2H3/t19-/m0/s1. The maximum atomic E-state index is 13.3. The quantitative estimate of drug-likeness (QED) is 0.450. The minimum absolute atomic E-state index is 0.0459. The Morgan fingerprint density at radius 2 is 2.03 bits per heavy atom. The van der Waals surface area contributed by atoms with Crippen LogP contribution in [-0.4, -0.2) is 32.5 Å². The molecule has 0 aliphatic carbocycles. The van der Waals surface area contributed by atoms with E-state index in [1.54, 1.807) is 17.5 Å². The highest BCUT2D eigenvalue weighted by atomic mass is 32.1. The van der Waals surface area contributed by atoms with Gasteiger partial charge in [-0.3, -0.25) is 9.78 Å². The van der Waals surface area contributed by atoms with Gasteiger partial charge in [0, 0.05) is 28.4 Å². The first-order chi connectivity index (χ1) is 14.6. The molecule has 1 atom stereocenters. The summed E-state index contributed by atoms with van der Waals surface area (Å²) in [5, 5.41) is 12.6. The lowest BCUT2D eigenvalue weighted by molar-refractivity contribution is 0.0572. The SMILES string of the molecule is Cc1scc(C(=O)N2CCCC[C@H]2c2nnc(-c3nccc4ccccc34)o2)c1C. The van der Waals surface area contributed by atoms with Crippen molar-refractivity contribution in [2.75, 3.05) is 6.54 Å². The molecule has 1 aromatic carbocycles. The van der Waals surface area contributed by atoms with Gasteiger partial charge in [0.15, 0.2) is 0 Å². The van der Waals surface area contributed by atoms with Crippen molar-refractivity contribution in [2.24, 2.45) is 0 Å². The Hall–Kier alpha value is -3.06. The van der Waals surface area contributed by atoms with Gasteiger partial charge in [0.1, 0.15) is 11.7 Å². The lowest BCUT2D eigenvalue weighted by atomic mass is 10.0. The molecule has 6 nitrogen and oxygen atoms in total. The van der Waals surface area contributed by atoms with Gasteiger partial charge in [0.25, 0.3) is 11.8 Å². The lowest BCUT2D eigenvalue weighted by Crippen LogP contribution is -2.38. The Morgan fingerprint density at radius 3 is 2.87 bits per heavy atom. The number of aryl methyl sites for hydroxylation is 1. The lowest BCUT2D eigenvalue weighted by Gasteiger charge is -2.33. The highest BCUT2D eigenvalue weighted by Crippen LogP contribution is 2.35.